The molecule has 0 saturated heterocycles. The Labute approximate surface area is 106 Å². The first-order valence-corrected chi connectivity index (χ1v) is 6.09. The molecule has 1 aliphatic carbocycles. The fourth-order valence-electron chi connectivity index (χ4n) is 2.34. The van der Waals surface area contributed by atoms with E-state index in [1.807, 2.05) is 30.3 Å². The van der Waals surface area contributed by atoms with E-state index in [0.29, 0.717) is 19.4 Å². The second-order valence-electron chi connectivity index (χ2n) is 4.89. The summed E-state index contributed by atoms with van der Waals surface area (Å²) < 4.78 is 0. The summed E-state index contributed by atoms with van der Waals surface area (Å²) in [7, 11) is 1.67. The molecule has 18 heavy (non-hydrogen) atoms. The molecular formula is C14H17NO3. The first-order valence-electron chi connectivity index (χ1n) is 6.09. The van der Waals surface area contributed by atoms with Gasteiger partial charge < -0.3 is 10.0 Å². The Morgan fingerprint density at radius 3 is 2.33 bits per heavy atom. The summed E-state index contributed by atoms with van der Waals surface area (Å²) in [6.07, 6.45) is 1.73. The van der Waals surface area contributed by atoms with Crippen LogP contribution >= 0.6 is 0 Å². The van der Waals surface area contributed by atoms with Gasteiger partial charge in [0.05, 0.1) is 0 Å². The van der Waals surface area contributed by atoms with Crippen molar-refractivity contribution in [1.82, 2.24) is 4.90 Å². The van der Waals surface area contributed by atoms with Crippen LogP contribution in [-0.4, -0.2) is 28.9 Å². The zero-order valence-electron chi connectivity index (χ0n) is 10.4. The minimum atomic E-state index is -1.16. The standard InChI is InChI=1S/C14H17NO3/c1-15(10-11-6-3-2-4-7-11)12(16)14(13(17)18)8-5-9-14/h2-4,6-7H,5,8-10H2,1H3,(H,17,18). The van der Waals surface area contributed by atoms with E-state index in [-0.39, 0.29) is 5.91 Å². The maximum absolute atomic E-state index is 12.2. The Balaban J connectivity index is 2.07. The van der Waals surface area contributed by atoms with Crippen LogP contribution < -0.4 is 0 Å². The molecule has 4 nitrogen and oxygen atoms in total. The van der Waals surface area contributed by atoms with Gasteiger partial charge in [0.2, 0.25) is 5.91 Å². The smallest absolute Gasteiger partial charge is 0.319 e. The van der Waals surface area contributed by atoms with Crippen LogP contribution in [0.4, 0.5) is 0 Å². The third kappa shape index (κ3) is 2.10. The lowest BCUT2D eigenvalue weighted by Gasteiger charge is -2.38. The van der Waals surface area contributed by atoms with Gasteiger partial charge in [-0.3, -0.25) is 9.59 Å². The second-order valence-corrected chi connectivity index (χ2v) is 4.89. The number of carbonyl (C=O) groups is 2. The lowest BCUT2D eigenvalue weighted by atomic mass is 9.68. The fraction of sp³-hybridized carbons (Fsp3) is 0.429. The molecule has 0 radical (unpaired) electrons. The lowest BCUT2D eigenvalue weighted by molar-refractivity contribution is -0.167. The summed E-state index contributed by atoms with van der Waals surface area (Å²) in [6.45, 7) is 0.453. The van der Waals surface area contributed by atoms with Gasteiger partial charge in [-0.1, -0.05) is 36.8 Å². The maximum atomic E-state index is 12.2. The van der Waals surface area contributed by atoms with Crippen molar-refractivity contribution in [2.45, 2.75) is 25.8 Å². The van der Waals surface area contributed by atoms with Crippen molar-refractivity contribution in [3.05, 3.63) is 35.9 Å². The van der Waals surface area contributed by atoms with E-state index in [2.05, 4.69) is 0 Å². The van der Waals surface area contributed by atoms with Gasteiger partial charge in [0, 0.05) is 13.6 Å². The van der Waals surface area contributed by atoms with E-state index in [1.165, 1.54) is 4.90 Å². The summed E-state index contributed by atoms with van der Waals surface area (Å²) >= 11 is 0. The molecule has 96 valence electrons. The summed E-state index contributed by atoms with van der Waals surface area (Å²) in [4.78, 5) is 25.0. The molecule has 0 atom stereocenters. The molecule has 1 aromatic rings. The highest BCUT2D eigenvalue weighted by molar-refractivity contribution is 6.02. The SMILES string of the molecule is CN(Cc1ccccc1)C(=O)C1(C(=O)O)CCC1. The minimum absolute atomic E-state index is 0.273. The first-order chi connectivity index (χ1) is 8.56. The fourth-order valence-corrected chi connectivity index (χ4v) is 2.34. The molecule has 1 fully saturated rings. The molecule has 1 aliphatic rings. The number of amides is 1. The minimum Gasteiger partial charge on any atom is -0.480 e. The van der Waals surface area contributed by atoms with Gasteiger partial charge in [0.15, 0.2) is 0 Å². The summed E-state index contributed by atoms with van der Waals surface area (Å²) in [5.41, 5.74) is -0.156. The number of carboxylic acid groups (broad SMARTS) is 1. The highest BCUT2D eigenvalue weighted by Gasteiger charge is 2.52. The molecule has 0 heterocycles. The molecule has 0 aromatic heterocycles. The highest BCUT2D eigenvalue weighted by atomic mass is 16.4. The lowest BCUT2D eigenvalue weighted by Crippen LogP contribution is -2.51. The summed E-state index contributed by atoms with van der Waals surface area (Å²) in [5, 5.41) is 9.22. The van der Waals surface area contributed by atoms with Crippen LogP contribution in [0.1, 0.15) is 24.8 Å². The molecular weight excluding hydrogens is 230 g/mol. The van der Waals surface area contributed by atoms with E-state index in [0.717, 1.165) is 12.0 Å². The molecule has 0 spiro atoms. The van der Waals surface area contributed by atoms with Crippen LogP contribution in [0.5, 0.6) is 0 Å². The van der Waals surface area contributed by atoms with Gasteiger partial charge in [-0.25, -0.2) is 0 Å². The van der Waals surface area contributed by atoms with Crippen LogP contribution in [0.2, 0.25) is 0 Å². The highest BCUT2D eigenvalue weighted by Crippen LogP contribution is 2.42. The van der Waals surface area contributed by atoms with E-state index in [1.54, 1.807) is 7.05 Å². The van der Waals surface area contributed by atoms with Crippen LogP contribution in [0.3, 0.4) is 0 Å². The molecule has 2 rings (SSSR count). The average molecular weight is 247 g/mol. The van der Waals surface area contributed by atoms with Crippen molar-refractivity contribution in [3.8, 4) is 0 Å². The Kier molecular flexibility index (Phi) is 3.36. The molecule has 1 aromatic carbocycles. The topological polar surface area (TPSA) is 57.6 Å². The van der Waals surface area contributed by atoms with Crippen molar-refractivity contribution >= 4 is 11.9 Å². The van der Waals surface area contributed by atoms with E-state index >= 15 is 0 Å². The van der Waals surface area contributed by atoms with Crippen molar-refractivity contribution in [2.24, 2.45) is 5.41 Å². The average Bonchev–Trinajstić information content (AvgIpc) is 2.28. The van der Waals surface area contributed by atoms with Crippen LogP contribution in [0, 0.1) is 5.41 Å². The monoisotopic (exact) mass is 247 g/mol. The zero-order chi connectivity index (χ0) is 13.2. The van der Waals surface area contributed by atoms with Crippen LogP contribution in [-0.2, 0) is 16.1 Å². The third-order valence-corrected chi connectivity index (χ3v) is 3.64. The van der Waals surface area contributed by atoms with Gasteiger partial charge in [-0.2, -0.15) is 0 Å². The summed E-state index contributed by atoms with van der Waals surface area (Å²) in [6, 6.07) is 9.58. The summed E-state index contributed by atoms with van der Waals surface area (Å²) in [5.74, 6) is -1.26. The van der Waals surface area contributed by atoms with Crippen molar-refractivity contribution in [2.75, 3.05) is 7.05 Å². The van der Waals surface area contributed by atoms with Crippen LogP contribution in [0.15, 0.2) is 30.3 Å². The number of carbonyl (C=O) groups excluding carboxylic acids is 1. The number of aliphatic carboxylic acids is 1. The van der Waals surface area contributed by atoms with E-state index in [9.17, 15) is 14.7 Å². The number of benzene rings is 1. The predicted molar refractivity (Wildman–Crippen MR) is 66.8 cm³/mol. The predicted octanol–water partition coefficient (Wildman–Crippen LogP) is 1.90. The van der Waals surface area contributed by atoms with Gasteiger partial charge in [0.25, 0.3) is 0 Å². The molecule has 0 aliphatic heterocycles. The number of nitrogens with zero attached hydrogens (tertiary/aromatic N) is 1. The number of hydrogen-bond acceptors (Lipinski definition) is 2. The number of rotatable bonds is 4. The zero-order valence-corrected chi connectivity index (χ0v) is 10.4. The van der Waals surface area contributed by atoms with Crippen molar-refractivity contribution in [1.29, 1.82) is 0 Å². The quantitative estimate of drug-likeness (QED) is 0.827. The molecule has 1 saturated carbocycles. The van der Waals surface area contributed by atoms with Gasteiger partial charge in [-0.15, -0.1) is 0 Å². The Morgan fingerprint density at radius 1 is 1.28 bits per heavy atom. The first kappa shape index (κ1) is 12.6. The maximum Gasteiger partial charge on any atom is 0.319 e. The Hall–Kier alpha value is -1.84. The Bertz CT molecular complexity index is 451. The third-order valence-electron chi connectivity index (χ3n) is 3.64. The number of hydrogen-bond donors (Lipinski definition) is 1. The van der Waals surface area contributed by atoms with Crippen molar-refractivity contribution in [3.63, 3.8) is 0 Å². The second kappa shape index (κ2) is 4.80. The molecule has 4 heteroatoms. The van der Waals surface area contributed by atoms with E-state index in [4.69, 9.17) is 0 Å². The Morgan fingerprint density at radius 2 is 1.89 bits per heavy atom. The van der Waals surface area contributed by atoms with Gasteiger partial charge >= 0.3 is 5.97 Å². The van der Waals surface area contributed by atoms with Crippen LogP contribution in [0.25, 0.3) is 0 Å². The molecule has 0 unspecified atom stereocenters. The van der Waals surface area contributed by atoms with Gasteiger partial charge in [-0.05, 0) is 18.4 Å². The van der Waals surface area contributed by atoms with Gasteiger partial charge in [0.1, 0.15) is 5.41 Å². The number of carboxylic acids is 1. The normalized spacial score (nSPS) is 16.7. The molecule has 1 amide bonds. The van der Waals surface area contributed by atoms with Crippen molar-refractivity contribution < 1.29 is 14.7 Å². The molecule has 0 bridgehead atoms. The largest absolute Gasteiger partial charge is 0.480 e. The molecule has 1 N–H and O–H groups in total. The van der Waals surface area contributed by atoms with E-state index < -0.39 is 11.4 Å².